The minimum Gasteiger partial charge on any atom is -0.392 e. The van der Waals surface area contributed by atoms with Crippen LogP contribution in [0.15, 0.2) is 12.1 Å². The molecule has 2 atom stereocenters. The average Bonchev–Trinajstić information content (AvgIpc) is 2.53. The molecule has 1 saturated carbocycles. The Labute approximate surface area is 122 Å². The fraction of sp³-hybridized carbons (Fsp3) is 0.706. The summed E-state index contributed by atoms with van der Waals surface area (Å²) in [5, 5.41) is 9.47. The summed E-state index contributed by atoms with van der Waals surface area (Å²) in [6.45, 7) is 3.38. The number of aliphatic hydroxyl groups is 1. The van der Waals surface area contributed by atoms with Crippen LogP contribution in [0.2, 0.25) is 0 Å². The first-order chi connectivity index (χ1) is 9.81. The minimum absolute atomic E-state index is 0.116. The number of anilines is 1. The van der Waals surface area contributed by atoms with Gasteiger partial charge in [-0.3, -0.25) is 0 Å². The van der Waals surface area contributed by atoms with E-state index in [1.165, 1.54) is 38.5 Å². The smallest absolute Gasteiger partial charge is 0.129 e. The molecule has 1 saturated heterocycles. The third kappa shape index (κ3) is 2.69. The molecule has 3 rings (SSSR count). The summed E-state index contributed by atoms with van der Waals surface area (Å²) in [4.78, 5) is 7.36. The zero-order valence-corrected chi connectivity index (χ0v) is 12.5. The van der Waals surface area contributed by atoms with Gasteiger partial charge in [0, 0.05) is 18.3 Å². The second-order valence-corrected chi connectivity index (χ2v) is 6.28. The molecule has 0 spiro atoms. The summed E-state index contributed by atoms with van der Waals surface area (Å²) in [6, 6.07) is 4.81. The Hall–Kier alpha value is -1.09. The van der Waals surface area contributed by atoms with Gasteiger partial charge in [-0.15, -0.1) is 0 Å². The van der Waals surface area contributed by atoms with E-state index in [0.717, 1.165) is 36.0 Å². The van der Waals surface area contributed by atoms with E-state index in [4.69, 9.17) is 4.98 Å². The van der Waals surface area contributed by atoms with Crippen LogP contribution >= 0.6 is 0 Å². The van der Waals surface area contributed by atoms with E-state index in [9.17, 15) is 5.11 Å². The second-order valence-electron chi connectivity index (χ2n) is 6.28. The minimum atomic E-state index is 0.116. The monoisotopic (exact) mass is 274 g/mol. The molecule has 0 radical (unpaired) electrons. The Balaban J connectivity index is 1.90. The fourth-order valence-corrected chi connectivity index (χ4v) is 3.96. The molecule has 1 aromatic heterocycles. The molecule has 2 aliphatic rings. The molecule has 1 N–H and O–H groups in total. The maximum Gasteiger partial charge on any atom is 0.129 e. The first-order valence-corrected chi connectivity index (χ1v) is 8.19. The van der Waals surface area contributed by atoms with E-state index in [1.807, 2.05) is 6.07 Å². The van der Waals surface area contributed by atoms with E-state index in [-0.39, 0.29) is 6.61 Å². The van der Waals surface area contributed by atoms with Crippen LogP contribution in [0.25, 0.3) is 0 Å². The van der Waals surface area contributed by atoms with Gasteiger partial charge >= 0.3 is 0 Å². The SMILES string of the molecule is CCc1cc(CO)cc(N2CCCC3CCCCC32)n1. The van der Waals surface area contributed by atoms with Crippen molar-refractivity contribution in [2.45, 2.75) is 64.5 Å². The van der Waals surface area contributed by atoms with E-state index >= 15 is 0 Å². The van der Waals surface area contributed by atoms with Gasteiger partial charge in [0.1, 0.15) is 5.82 Å². The lowest BCUT2D eigenvalue weighted by atomic mass is 9.78. The predicted molar refractivity (Wildman–Crippen MR) is 81.9 cm³/mol. The molecule has 0 bridgehead atoms. The topological polar surface area (TPSA) is 36.4 Å². The molecule has 2 fully saturated rings. The van der Waals surface area contributed by atoms with E-state index < -0.39 is 0 Å². The Morgan fingerprint density at radius 2 is 2.00 bits per heavy atom. The van der Waals surface area contributed by atoms with Gasteiger partial charge in [0.15, 0.2) is 0 Å². The van der Waals surface area contributed by atoms with Gasteiger partial charge in [-0.05, 0) is 55.7 Å². The predicted octanol–water partition coefficient (Wildman–Crippen LogP) is 3.30. The highest BCUT2D eigenvalue weighted by atomic mass is 16.3. The van der Waals surface area contributed by atoms with Crippen molar-refractivity contribution in [1.29, 1.82) is 0 Å². The molecule has 2 heterocycles. The van der Waals surface area contributed by atoms with Crippen molar-refractivity contribution in [2.75, 3.05) is 11.4 Å². The number of pyridine rings is 1. The molecule has 1 aliphatic heterocycles. The van der Waals surface area contributed by atoms with Crippen molar-refractivity contribution in [2.24, 2.45) is 5.92 Å². The number of aromatic nitrogens is 1. The largest absolute Gasteiger partial charge is 0.392 e. The van der Waals surface area contributed by atoms with Crippen LogP contribution in [0.3, 0.4) is 0 Å². The van der Waals surface area contributed by atoms with Crippen molar-refractivity contribution >= 4 is 5.82 Å². The Morgan fingerprint density at radius 1 is 1.20 bits per heavy atom. The Kier molecular flexibility index (Phi) is 4.25. The number of piperidine rings is 1. The number of hydrogen-bond donors (Lipinski definition) is 1. The molecule has 20 heavy (non-hydrogen) atoms. The third-order valence-corrected chi connectivity index (χ3v) is 5.01. The highest BCUT2D eigenvalue weighted by Gasteiger charge is 2.33. The van der Waals surface area contributed by atoms with E-state index in [2.05, 4.69) is 17.9 Å². The lowest BCUT2D eigenvalue weighted by Crippen LogP contribution is -2.47. The highest BCUT2D eigenvalue weighted by molar-refractivity contribution is 5.44. The molecule has 0 aromatic carbocycles. The number of rotatable bonds is 3. The molecule has 0 amide bonds. The maximum absolute atomic E-state index is 9.47. The molecule has 110 valence electrons. The standard InChI is InChI=1S/C17H26N2O/c1-2-15-10-13(12-20)11-17(18-15)19-9-5-7-14-6-3-4-8-16(14)19/h10-11,14,16,20H,2-9,12H2,1H3. The Morgan fingerprint density at radius 3 is 2.80 bits per heavy atom. The van der Waals surface area contributed by atoms with Crippen molar-refractivity contribution < 1.29 is 5.11 Å². The first kappa shape index (κ1) is 13.9. The van der Waals surface area contributed by atoms with Crippen LogP contribution in [-0.2, 0) is 13.0 Å². The summed E-state index contributed by atoms with van der Waals surface area (Å²) in [5.41, 5.74) is 2.11. The molecular formula is C17H26N2O. The van der Waals surface area contributed by atoms with Crippen molar-refractivity contribution in [3.8, 4) is 0 Å². The summed E-state index contributed by atoms with van der Waals surface area (Å²) in [6.07, 6.45) is 9.08. The van der Waals surface area contributed by atoms with Crippen LogP contribution in [0.5, 0.6) is 0 Å². The number of nitrogens with zero attached hydrogens (tertiary/aromatic N) is 2. The molecule has 3 nitrogen and oxygen atoms in total. The van der Waals surface area contributed by atoms with Gasteiger partial charge < -0.3 is 10.0 Å². The lowest BCUT2D eigenvalue weighted by Gasteiger charge is -2.45. The van der Waals surface area contributed by atoms with E-state index in [1.54, 1.807) is 0 Å². The molecule has 1 aromatic rings. The third-order valence-electron chi connectivity index (χ3n) is 5.01. The molecular weight excluding hydrogens is 248 g/mol. The van der Waals surface area contributed by atoms with Gasteiger partial charge in [-0.2, -0.15) is 0 Å². The van der Waals surface area contributed by atoms with Crippen molar-refractivity contribution in [3.05, 3.63) is 23.4 Å². The van der Waals surface area contributed by atoms with Gasteiger partial charge in [0.2, 0.25) is 0 Å². The summed E-state index contributed by atoms with van der Waals surface area (Å²) in [5.74, 6) is 1.96. The highest BCUT2D eigenvalue weighted by Crippen LogP contribution is 2.37. The zero-order chi connectivity index (χ0) is 13.9. The normalized spacial score (nSPS) is 26.4. The van der Waals surface area contributed by atoms with Gasteiger partial charge in [0.25, 0.3) is 0 Å². The van der Waals surface area contributed by atoms with Crippen LogP contribution in [0, 0.1) is 5.92 Å². The molecule has 1 aliphatic carbocycles. The molecule has 3 heteroatoms. The van der Waals surface area contributed by atoms with Gasteiger partial charge in [-0.25, -0.2) is 4.98 Å². The quantitative estimate of drug-likeness (QED) is 0.919. The molecule has 2 unspecified atom stereocenters. The maximum atomic E-state index is 9.47. The number of aryl methyl sites for hydroxylation is 1. The summed E-state index contributed by atoms with van der Waals surface area (Å²) in [7, 11) is 0. The van der Waals surface area contributed by atoms with Crippen LogP contribution in [0.4, 0.5) is 5.82 Å². The number of hydrogen-bond acceptors (Lipinski definition) is 3. The van der Waals surface area contributed by atoms with E-state index in [0.29, 0.717) is 6.04 Å². The fourth-order valence-electron chi connectivity index (χ4n) is 3.96. The number of aliphatic hydroxyl groups excluding tert-OH is 1. The van der Waals surface area contributed by atoms with Crippen LogP contribution in [-0.4, -0.2) is 22.7 Å². The zero-order valence-electron chi connectivity index (χ0n) is 12.5. The van der Waals surface area contributed by atoms with Gasteiger partial charge in [-0.1, -0.05) is 19.8 Å². The summed E-state index contributed by atoms with van der Waals surface area (Å²) < 4.78 is 0. The number of fused-ring (bicyclic) bond motifs is 1. The van der Waals surface area contributed by atoms with Gasteiger partial charge in [0.05, 0.1) is 6.61 Å². The Bertz CT molecular complexity index is 436. The first-order valence-electron chi connectivity index (χ1n) is 8.19. The summed E-state index contributed by atoms with van der Waals surface area (Å²) >= 11 is 0. The lowest BCUT2D eigenvalue weighted by molar-refractivity contribution is 0.242. The van der Waals surface area contributed by atoms with Crippen molar-refractivity contribution in [3.63, 3.8) is 0 Å². The average molecular weight is 274 g/mol. The van der Waals surface area contributed by atoms with Crippen LogP contribution < -0.4 is 4.90 Å². The second kappa shape index (κ2) is 6.13. The van der Waals surface area contributed by atoms with Crippen LogP contribution in [0.1, 0.15) is 56.7 Å². The van der Waals surface area contributed by atoms with Crippen molar-refractivity contribution in [1.82, 2.24) is 4.98 Å².